The molecule has 1 aliphatic heterocycles. The number of carbonyl (C=O) groups excluding carboxylic acids is 2. The number of carbonyl (C=O) groups is 2. The lowest BCUT2D eigenvalue weighted by Crippen LogP contribution is -2.50. The van der Waals surface area contributed by atoms with E-state index in [1.165, 1.54) is 23.1 Å². The number of hydrogen-bond acceptors (Lipinski definition) is 4. The van der Waals surface area contributed by atoms with Crippen molar-refractivity contribution in [2.75, 3.05) is 38.0 Å². The molecule has 6 nitrogen and oxygen atoms in total. The lowest BCUT2D eigenvalue weighted by atomic mass is 10.1. The summed E-state index contributed by atoms with van der Waals surface area (Å²) in [6.45, 7) is 1.28. The second-order valence-corrected chi connectivity index (χ2v) is 8.07. The SMILES string of the molecule is O=C(CN1CCN(C(=O)c2ccccc2C(F)(F)F)CC1)Nc1ccccc1Oc1ccccc1. The molecule has 0 spiro atoms. The predicted molar refractivity (Wildman–Crippen MR) is 125 cm³/mol. The molecule has 1 fully saturated rings. The molecule has 0 saturated carbocycles. The molecule has 0 unspecified atom stereocenters. The first-order valence-corrected chi connectivity index (χ1v) is 11.1. The zero-order valence-electron chi connectivity index (χ0n) is 18.8. The zero-order valence-corrected chi connectivity index (χ0v) is 18.8. The molecule has 1 N–H and O–H groups in total. The third kappa shape index (κ3) is 6.19. The number of halogens is 3. The molecule has 1 heterocycles. The summed E-state index contributed by atoms with van der Waals surface area (Å²) in [6.07, 6.45) is -4.60. The number of amides is 2. The topological polar surface area (TPSA) is 61.9 Å². The number of ether oxygens (including phenoxy) is 1. The monoisotopic (exact) mass is 483 g/mol. The molecule has 1 aliphatic rings. The largest absolute Gasteiger partial charge is 0.455 e. The lowest BCUT2D eigenvalue weighted by Gasteiger charge is -2.34. The minimum Gasteiger partial charge on any atom is -0.455 e. The van der Waals surface area contributed by atoms with Crippen molar-refractivity contribution in [1.82, 2.24) is 9.80 Å². The van der Waals surface area contributed by atoms with Gasteiger partial charge in [0.25, 0.3) is 5.91 Å². The molecule has 1 saturated heterocycles. The lowest BCUT2D eigenvalue weighted by molar-refractivity contribution is -0.138. The highest BCUT2D eigenvalue weighted by atomic mass is 19.4. The van der Waals surface area contributed by atoms with E-state index >= 15 is 0 Å². The van der Waals surface area contributed by atoms with Crippen LogP contribution in [-0.4, -0.2) is 54.3 Å². The van der Waals surface area contributed by atoms with E-state index in [0.717, 1.165) is 6.07 Å². The van der Waals surface area contributed by atoms with Crippen molar-refractivity contribution in [2.45, 2.75) is 6.18 Å². The van der Waals surface area contributed by atoms with Crippen LogP contribution < -0.4 is 10.1 Å². The Morgan fingerprint density at radius 3 is 2.17 bits per heavy atom. The van der Waals surface area contributed by atoms with Crippen molar-refractivity contribution >= 4 is 17.5 Å². The maximum atomic E-state index is 13.3. The van der Waals surface area contributed by atoms with Gasteiger partial charge in [0.2, 0.25) is 5.91 Å². The number of nitrogens with one attached hydrogen (secondary N) is 1. The molecule has 35 heavy (non-hydrogen) atoms. The highest BCUT2D eigenvalue weighted by Gasteiger charge is 2.36. The van der Waals surface area contributed by atoms with E-state index in [1.54, 1.807) is 24.3 Å². The van der Waals surface area contributed by atoms with Crippen molar-refractivity contribution < 1.29 is 27.5 Å². The van der Waals surface area contributed by atoms with Gasteiger partial charge in [0.05, 0.1) is 23.4 Å². The molecule has 0 aromatic heterocycles. The van der Waals surface area contributed by atoms with Crippen LogP contribution >= 0.6 is 0 Å². The minimum absolute atomic E-state index is 0.0842. The summed E-state index contributed by atoms with van der Waals surface area (Å²) >= 11 is 0. The fourth-order valence-corrected chi connectivity index (χ4v) is 3.86. The summed E-state index contributed by atoms with van der Waals surface area (Å²) in [7, 11) is 0. The van der Waals surface area contributed by atoms with E-state index in [4.69, 9.17) is 4.74 Å². The van der Waals surface area contributed by atoms with Gasteiger partial charge in [0.15, 0.2) is 5.75 Å². The third-order valence-electron chi connectivity index (χ3n) is 5.62. The van der Waals surface area contributed by atoms with Gasteiger partial charge in [0.1, 0.15) is 5.75 Å². The van der Waals surface area contributed by atoms with Gasteiger partial charge in [-0.1, -0.05) is 42.5 Å². The van der Waals surface area contributed by atoms with Gasteiger partial charge < -0.3 is 15.0 Å². The number of rotatable bonds is 6. The van der Waals surface area contributed by atoms with Gasteiger partial charge in [-0.3, -0.25) is 14.5 Å². The summed E-state index contributed by atoms with van der Waals surface area (Å²) in [5.41, 5.74) is -0.775. The maximum absolute atomic E-state index is 13.3. The Labute approximate surface area is 200 Å². The Morgan fingerprint density at radius 2 is 1.46 bits per heavy atom. The quantitative estimate of drug-likeness (QED) is 0.542. The number of alkyl halides is 3. The Hall–Kier alpha value is -3.85. The molecule has 9 heteroatoms. The van der Waals surface area contributed by atoms with Crippen LogP contribution in [0.15, 0.2) is 78.9 Å². The van der Waals surface area contributed by atoms with E-state index in [9.17, 15) is 22.8 Å². The van der Waals surface area contributed by atoms with Crippen molar-refractivity contribution in [3.8, 4) is 11.5 Å². The fraction of sp³-hybridized carbons (Fsp3) is 0.231. The molecule has 0 bridgehead atoms. The van der Waals surface area contributed by atoms with Gasteiger partial charge in [-0.15, -0.1) is 0 Å². The number of nitrogens with zero attached hydrogens (tertiary/aromatic N) is 2. The van der Waals surface area contributed by atoms with Crippen LogP contribution in [0.2, 0.25) is 0 Å². The van der Waals surface area contributed by atoms with E-state index in [0.29, 0.717) is 30.3 Å². The molecular formula is C26H24F3N3O3. The first-order chi connectivity index (χ1) is 16.8. The second kappa shape index (κ2) is 10.6. The first kappa shape index (κ1) is 24.3. The van der Waals surface area contributed by atoms with Crippen LogP contribution in [0.4, 0.5) is 18.9 Å². The summed E-state index contributed by atoms with van der Waals surface area (Å²) in [6, 6.07) is 21.1. The Kier molecular flexibility index (Phi) is 7.36. The molecule has 4 rings (SSSR count). The van der Waals surface area contributed by atoms with Crippen LogP contribution in [0.1, 0.15) is 15.9 Å². The Bertz CT molecular complexity index is 1180. The van der Waals surface area contributed by atoms with Crippen molar-refractivity contribution in [3.63, 3.8) is 0 Å². The van der Waals surface area contributed by atoms with E-state index in [-0.39, 0.29) is 31.1 Å². The van der Waals surface area contributed by atoms with Gasteiger partial charge in [-0.25, -0.2) is 0 Å². The van der Waals surface area contributed by atoms with E-state index < -0.39 is 17.6 Å². The van der Waals surface area contributed by atoms with E-state index in [1.807, 2.05) is 35.2 Å². The van der Waals surface area contributed by atoms with Crippen molar-refractivity contribution in [2.24, 2.45) is 0 Å². The van der Waals surface area contributed by atoms with Crippen molar-refractivity contribution in [3.05, 3.63) is 90.0 Å². The molecular weight excluding hydrogens is 459 g/mol. The van der Waals surface area contributed by atoms with E-state index in [2.05, 4.69) is 5.32 Å². The van der Waals surface area contributed by atoms with Crippen LogP contribution in [0.3, 0.4) is 0 Å². The minimum atomic E-state index is -4.60. The number of anilines is 1. The first-order valence-electron chi connectivity index (χ1n) is 11.1. The second-order valence-electron chi connectivity index (χ2n) is 8.07. The fourth-order valence-electron chi connectivity index (χ4n) is 3.86. The average Bonchev–Trinajstić information content (AvgIpc) is 2.85. The van der Waals surface area contributed by atoms with Gasteiger partial charge in [0, 0.05) is 26.2 Å². The van der Waals surface area contributed by atoms with Gasteiger partial charge in [-0.2, -0.15) is 13.2 Å². The standard InChI is InChI=1S/C26H24F3N3O3/c27-26(28,29)21-11-5-4-10-20(21)25(34)32-16-14-31(15-17-32)18-24(33)30-22-12-6-7-13-23(22)35-19-8-2-1-3-9-19/h1-13H,14-18H2,(H,30,33). The van der Waals surface area contributed by atoms with Crippen LogP contribution in [0.25, 0.3) is 0 Å². The predicted octanol–water partition coefficient (Wildman–Crippen LogP) is 4.89. The summed E-state index contributed by atoms with van der Waals surface area (Å²) < 4.78 is 45.7. The molecule has 3 aromatic rings. The molecule has 0 aliphatic carbocycles. The summed E-state index contributed by atoms with van der Waals surface area (Å²) in [4.78, 5) is 28.6. The highest BCUT2D eigenvalue weighted by molar-refractivity contribution is 5.96. The average molecular weight is 483 g/mol. The van der Waals surface area contributed by atoms with Crippen LogP contribution in [-0.2, 0) is 11.0 Å². The van der Waals surface area contributed by atoms with Crippen LogP contribution in [0, 0.1) is 0 Å². The number of piperazine rings is 1. The molecule has 2 amide bonds. The molecule has 3 aromatic carbocycles. The smallest absolute Gasteiger partial charge is 0.417 e. The van der Waals surface area contributed by atoms with Gasteiger partial charge in [-0.05, 0) is 36.4 Å². The third-order valence-corrected chi connectivity index (χ3v) is 5.62. The number of hydrogen-bond donors (Lipinski definition) is 1. The number of benzene rings is 3. The molecule has 0 atom stereocenters. The number of para-hydroxylation sites is 3. The van der Waals surface area contributed by atoms with Crippen LogP contribution in [0.5, 0.6) is 11.5 Å². The molecule has 182 valence electrons. The highest BCUT2D eigenvalue weighted by Crippen LogP contribution is 2.32. The summed E-state index contributed by atoms with van der Waals surface area (Å²) in [5, 5.41) is 2.85. The normalized spacial score (nSPS) is 14.4. The van der Waals surface area contributed by atoms with Gasteiger partial charge >= 0.3 is 6.18 Å². The zero-order chi connectivity index (χ0) is 24.8. The maximum Gasteiger partial charge on any atom is 0.417 e. The molecule has 0 radical (unpaired) electrons. The Morgan fingerprint density at radius 1 is 0.829 bits per heavy atom. The Balaban J connectivity index is 1.33. The summed E-state index contributed by atoms with van der Waals surface area (Å²) in [5.74, 6) is 0.234. The van der Waals surface area contributed by atoms with Crippen molar-refractivity contribution in [1.29, 1.82) is 0 Å².